The van der Waals surface area contributed by atoms with Gasteiger partial charge in [-0.2, -0.15) is 0 Å². The maximum atomic E-state index is 6.48. The second-order valence-corrected chi connectivity index (χ2v) is 7.32. The van der Waals surface area contributed by atoms with E-state index in [9.17, 15) is 0 Å². The third-order valence-electron chi connectivity index (χ3n) is 5.61. The van der Waals surface area contributed by atoms with Crippen LogP contribution in [0, 0.1) is 5.41 Å². The summed E-state index contributed by atoms with van der Waals surface area (Å²) < 4.78 is 0. The summed E-state index contributed by atoms with van der Waals surface area (Å²) in [6.07, 6.45) is 2.19. The van der Waals surface area contributed by atoms with E-state index in [2.05, 4.69) is 80.7 Å². The molecule has 0 aromatic heterocycles. The highest BCUT2D eigenvalue weighted by Gasteiger charge is 2.49. The van der Waals surface area contributed by atoms with Crippen LogP contribution in [0.3, 0.4) is 0 Å². The summed E-state index contributed by atoms with van der Waals surface area (Å²) in [6.45, 7) is 6.73. The van der Waals surface area contributed by atoms with Gasteiger partial charge in [-0.05, 0) is 43.0 Å². The van der Waals surface area contributed by atoms with Crippen molar-refractivity contribution in [3.8, 4) is 11.1 Å². The van der Waals surface area contributed by atoms with Crippen LogP contribution in [0.15, 0.2) is 54.6 Å². The lowest BCUT2D eigenvalue weighted by Gasteiger charge is -2.39. The molecule has 1 aliphatic carbocycles. The Balaban J connectivity index is 1.83. The predicted octanol–water partition coefficient (Wildman–Crippen LogP) is 4.67. The zero-order valence-corrected chi connectivity index (χ0v) is 13.8. The molecule has 0 aliphatic heterocycles. The van der Waals surface area contributed by atoms with Crippen LogP contribution < -0.4 is 11.1 Å². The van der Waals surface area contributed by atoms with Crippen LogP contribution >= 0.6 is 0 Å². The molecule has 2 aromatic rings. The molecule has 0 saturated heterocycles. The second-order valence-electron chi connectivity index (χ2n) is 7.32. The predicted molar refractivity (Wildman–Crippen MR) is 94.9 cm³/mol. The van der Waals surface area contributed by atoms with Crippen LogP contribution in [0.2, 0.25) is 0 Å². The molecule has 3 rings (SSSR count). The number of nitrogens with two attached hydrogens (primary N) is 1. The van der Waals surface area contributed by atoms with Crippen molar-refractivity contribution in [2.24, 2.45) is 11.1 Å². The minimum Gasteiger partial charge on any atom is -0.382 e. The fraction of sp³-hybridized carbons (Fsp3) is 0.400. The van der Waals surface area contributed by atoms with E-state index in [1.807, 2.05) is 0 Å². The van der Waals surface area contributed by atoms with Gasteiger partial charge in [0, 0.05) is 22.7 Å². The standard InChI is InChI=1S/C20H26N2/c1-19(2)18(12-13-20(19,3)21)22-17-11-7-10-16(14-17)15-8-5-4-6-9-15/h4-11,14,18,22H,12-13,21H2,1-3H3/t18-,20+/m1/s1. The van der Waals surface area contributed by atoms with Gasteiger partial charge in [-0.1, -0.05) is 56.3 Å². The Kier molecular flexibility index (Phi) is 3.73. The van der Waals surface area contributed by atoms with Crippen LogP contribution in [0.4, 0.5) is 5.69 Å². The highest BCUT2D eigenvalue weighted by molar-refractivity contribution is 5.68. The van der Waals surface area contributed by atoms with E-state index in [0.29, 0.717) is 6.04 Å². The Morgan fingerprint density at radius 2 is 1.64 bits per heavy atom. The molecule has 0 radical (unpaired) electrons. The zero-order valence-electron chi connectivity index (χ0n) is 13.8. The molecule has 22 heavy (non-hydrogen) atoms. The Morgan fingerprint density at radius 1 is 0.955 bits per heavy atom. The Labute approximate surface area is 133 Å². The van der Waals surface area contributed by atoms with Gasteiger partial charge < -0.3 is 11.1 Å². The first-order valence-electron chi connectivity index (χ1n) is 8.11. The first-order chi connectivity index (χ1) is 10.4. The largest absolute Gasteiger partial charge is 0.382 e. The first-order valence-corrected chi connectivity index (χ1v) is 8.11. The molecule has 2 aromatic carbocycles. The van der Waals surface area contributed by atoms with Crippen molar-refractivity contribution in [1.29, 1.82) is 0 Å². The average Bonchev–Trinajstić information content (AvgIpc) is 2.71. The number of hydrogen-bond acceptors (Lipinski definition) is 2. The highest BCUT2D eigenvalue weighted by atomic mass is 15.0. The molecule has 2 atom stereocenters. The van der Waals surface area contributed by atoms with Crippen molar-refractivity contribution in [2.75, 3.05) is 5.32 Å². The maximum absolute atomic E-state index is 6.48. The molecule has 0 unspecified atom stereocenters. The van der Waals surface area contributed by atoms with Gasteiger partial charge in [0.2, 0.25) is 0 Å². The molecule has 1 saturated carbocycles. The molecule has 1 fully saturated rings. The van der Waals surface area contributed by atoms with Gasteiger partial charge in [-0.15, -0.1) is 0 Å². The molecule has 0 bridgehead atoms. The van der Waals surface area contributed by atoms with Crippen molar-refractivity contribution in [3.63, 3.8) is 0 Å². The fourth-order valence-electron chi connectivity index (χ4n) is 3.40. The van der Waals surface area contributed by atoms with Gasteiger partial charge in [0.1, 0.15) is 0 Å². The monoisotopic (exact) mass is 294 g/mol. The molecular weight excluding hydrogens is 268 g/mol. The molecule has 116 valence electrons. The van der Waals surface area contributed by atoms with Crippen LogP contribution in [-0.4, -0.2) is 11.6 Å². The summed E-state index contributed by atoms with van der Waals surface area (Å²) in [5, 5.41) is 3.72. The van der Waals surface area contributed by atoms with Crippen molar-refractivity contribution >= 4 is 5.69 Å². The summed E-state index contributed by atoms with van der Waals surface area (Å²) >= 11 is 0. The number of benzene rings is 2. The maximum Gasteiger partial charge on any atom is 0.0348 e. The van der Waals surface area contributed by atoms with E-state index in [0.717, 1.165) is 12.8 Å². The molecule has 2 heteroatoms. The van der Waals surface area contributed by atoms with Crippen molar-refractivity contribution < 1.29 is 0 Å². The third kappa shape index (κ3) is 2.64. The Morgan fingerprint density at radius 3 is 2.27 bits per heavy atom. The Bertz CT molecular complexity index is 644. The van der Waals surface area contributed by atoms with E-state index in [1.54, 1.807) is 0 Å². The Hall–Kier alpha value is -1.80. The smallest absolute Gasteiger partial charge is 0.0348 e. The lowest BCUT2D eigenvalue weighted by molar-refractivity contribution is 0.215. The molecule has 0 heterocycles. The number of anilines is 1. The molecule has 0 amide bonds. The summed E-state index contributed by atoms with van der Waals surface area (Å²) in [6, 6.07) is 19.6. The van der Waals surface area contributed by atoms with E-state index in [1.165, 1.54) is 16.8 Å². The lowest BCUT2D eigenvalue weighted by atomic mass is 9.75. The highest BCUT2D eigenvalue weighted by Crippen LogP contribution is 2.45. The number of rotatable bonds is 3. The van der Waals surface area contributed by atoms with Gasteiger partial charge in [0.05, 0.1) is 0 Å². The molecule has 0 spiro atoms. The van der Waals surface area contributed by atoms with E-state index in [4.69, 9.17) is 5.73 Å². The van der Waals surface area contributed by atoms with Gasteiger partial charge in [-0.3, -0.25) is 0 Å². The third-order valence-corrected chi connectivity index (χ3v) is 5.61. The number of nitrogens with one attached hydrogen (secondary N) is 1. The summed E-state index contributed by atoms with van der Waals surface area (Å²) in [5.74, 6) is 0. The summed E-state index contributed by atoms with van der Waals surface area (Å²) in [4.78, 5) is 0. The SMILES string of the molecule is CC1(C)[C@H](Nc2cccc(-c3ccccc3)c2)CC[C@]1(C)N. The number of hydrogen-bond donors (Lipinski definition) is 2. The van der Waals surface area contributed by atoms with Gasteiger partial charge >= 0.3 is 0 Å². The normalized spacial score (nSPS) is 26.8. The van der Waals surface area contributed by atoms with Gasteiger partial charge in [0.25, 0.3) is 0 Å². The lowest BCUT2D eigenvalue weighted by Crippen LogP contribution is -2.51. The molecular formula is C20H26N2. The first kappa shape index (κ1) is 15.1. The fourth-order valence-corrected chi connectivity index (χ4v) is 3.40. The van der Waals surface area contributed by atoms with Crippen molar-refractivity contribution in [2.45, 2.75) is 45.2 Å². The van der Waals surface area contributed by atoms with Crippen LogP contribution in [0.5, 0.6) is 0 Å². The second kappa shape index (κ2) is 5.44. The quantitative estimate of drug-likeness (QED) is 0.863. The van der Waals surface area contributed by atoms with Crippen molar-refractivity contribution in [3.05, 3.63) is 54.6 Å². The topological polar surface area (TPSA) is 38.0 Å². The average molecular weight is 294 g/mol. The minimum atomic E-state index is -0.109. The molecule has 2 nitrogen and oxygen atoms in total. The summed E-state index contributed by atoms with van der Waals surface area (Å²) in [5.41, 5.74) is 10.1. The minimum absolute atomic E-state index is 0.0791. The van der Waals surface area contributed by atoms with E-state index < -0.39 is 0 Å². The molecule has 1 aliphatic rings. The van der Waals surface area contributed by atoms with Crippen LogP contribution in [0.1, 0.15) is 33.6 Å². The molecule has 3 N–H and O–H groups in total. The van der Waals surface area contributed by atoms with Crippen LogP contribution in [-0.2, 0) is 0 Å². The van der Waals surface area contributed by atoms with E-state index >= 15 is 0 Å². The van der Waals surface area contributed by atoms with Crippen LogP contribution in [0.25, 0.3) is 11.1 Å². The zero-order chi connectivity index (χ0) is 15.8. The van der Waals surface area contributed by atoms with Crippen molar-refractivity contribution in [1.82, 2.24) is 0 Å². The summed E-state index contributed by atoms with van der Waals surface area (Å²) in [7, 11) is 0. The van der Waals surface area contributed by atoms with Gasteiger partial charge in [0.15, 0.2) is 0 Å². The van der Waals surface area contributed by atoms with E-state index in [-0.39, 0.29) is 11.0 Å². The van der Waals surface area contributed by atoms with Gasteiger partial charge in [-0.25, -0.2) is 0 Å².